The van der Waals surface area contributed by atoms with Gasteiger partial charge >= 0.3 is 11.9 Å². The maximum atomic E-state index is 13.5. The first-order chi connectivity index (χ1) is 23.9. The normalized spacial score (nSPS) is 23.4. The van der Waals surface area contributed by atoms with Crippen molar-refractivity contribution in [3.8, 4) is 0 Å². The molecule has 50 heavy (non-hydrogen) atoms. The topological polar surface area (TPSA) is 132 Å². The standard InChI is InChI=1S/C41H50N4O5/c1-10-20(4)15-16-50-34(46)14-13-27-23(7)30-17-28-21(5)25(11-2)32(42-28)18-29-22(6)26(12-3)33(43-29)19-31-24(8)35-39(45-31)36(38(27)44-30)37(40(35)47)41(48)49-9/h11,15,17-19,23,27,37-38,42-45,47H,2,10,12-14,16H2,1,3-9H3/b20-15+,29-18-,30-17-,33-19-/t23-,27-,37+,38?/m0/s1. The van der Waals surface area contributed by atoms with Gasteiger partial charge in [-0.1, -0.05) is 39.0 Å². The number of H-pyrrole nitrogens is 3. The predicted octanol–water partition coefficient (Wildman–Crippen LogP) is 4.34. The maximum Gasteiger partial charge on any atom is 0.320 e. The molecule has 0 saturated carbocycles. The fourth-order valence-electron chi connectivity index (χ4n) is 8.06. The quantitative estimate of drug-likeness (QED) is 0.169. The average Bonchev–Trinajstić information content (AvgIpc) is 3.84. The van der Waals surface area contributed by atoms with Crippen LogP contribution >= 0.6 is 0 Å². The molecule has 5 heterocycles. The molecular formula is C41H50N4O5. The Bertz CT molecular complexity index is 2200. The van der Waals surface area contributed by atoms with Crippen molar-refractivity contribution in [2.24, 2.45) is 17.8 Å². The minimum absolute atomic E-state index is 0.0210. The number of aromatic nitrogens is 3. The summed E-state index contributed by atoms with van der Waals surface area (Å²) in [7, 11) is 1.35. The number of ether oxygens (including phenoxy) is 2. The third-order valence-corrected chi connectivity index (χ3v) is 11.2. The van der Waals surface area contributed by atoms with E-state index < -0.39 is 11.9 Å². The maximum absolute atomic E-state index is 13.5. The largest absolute Gasteiger partial charge is 0.510 e. The number of rotatable bonds is 9. The summed E-state index contributed by atoms with van der Waals surface area (Å²) < 4.78 is 10.9. The highest BCUT2D eigenvalue weighted by Gasteiger charge is 2.47. The minimum Gasteiger partial charge on any atom is -0.510 e. The Morgan fingerprint density at radius 2 is 1.70 bits per heavy atom. The van der Waals surface area contributed by atoms with Crippen LogP contribution in [0, 0.1) is 38.5 Å². The number of methoxy groups -OCH3 is 1. The van der Waals surface area contributed by atoms with Crippen LogP contribution in [-0.2, 0) is 25.5 Å². The van der Waals surface area contributed by atoms with Crippen LogP contribution in [0.5, 0.6) is 0 Å². The van der Waals surface area contributed by atoms with E-state index in [9.17, 15) is 14.7 Å². The molecule has 3 aromatic heterocycles. The summed E-state index contributed by atoms with van der Waals surface area (Å²) in [5.41, 5.74) is 10.9. The zero-order valence-corrected chi connectivity index (χ0v) is 30.5. The zero-order valence-electron chi connectivity index (χ0n) is 30.5. The van der Waals surface area contributed by atoms with Crippen LogP contribution in [0.3, 0.4) is 0 Å². The molecule has 3 aromatic rings. The van der Waals surface area contributed by atoms with Crippen LogP contribution in [0.15, 0.2) is 23.9 Å². The molecule has 1 unspecified atom stereocenters. The minimum atomic E-state index is -0.986. The fraction of sp³-hybridized carbons (Fsp3) is 0.415. The Morgan fingerprint density at radius 1 is 0.980 bits per heavy atom. The second kappa shape index (κ2) is 13.8. The van der Waals surface area contributed by atoms with Gasteiger partial charge in [-0.15, -0.1) is 0 Å². The van der Waals surface area contributed by atoms with Crippen LogP contribution in [0.25, 0.3) is 35.6 Å². The van der Waals surface area contributed by atoms with Gasteiger partial charge < -0.3 is 34.8 Å². The lowest BCUT2D eigenvalue weighted by atomic mass is 9.80. The van der Waals surface area contributed by atoms with Gasteiger partial charge in [0.05, 0.1) is 18.5 Å². The second-order valence-electron chi connectivity index (χ2n) is 13.9. The van der Waals surface area contributed by atoms with Crippen molar-refractivity contribution in [3.63, 3.8) is 0 Å². The number of nitrogens with one attached hydrogen (secondary N) is 4. The van der Waals surface area contributed by atoms with Crippen molar-refractivity contribution in [1.82, 2.24) is 20.3 Å². The fourth-order valence-corrected chi connectivity index (χ4v) is 8.06. The van der Waals surface area contributed by atoms with E-state index in [4.69, 9.17) is 9.47 Å². The molecule has 6 rings (SSSR count). The van der Waals surface area contributed by atoms with Crippen molar-refractivity contribution in [2.75, 3.05) is 13.7 Å². The molecule has 1 saturated heterocycles. The van der Waals surface area contributed by atoms with E-state index in [1.807, 2.05) is 26.0 Å². The van der Waals surface area contributed by atoms with E-state index in [0.29, 0.717) is 17.0 Å². The summed E-state index contributed by atoms with van der Waals surface area (Å²) >= 11 is 0. The molecular weight excluding hydrogens is 628 g/mol. The highest BCUT2D eigenvalue weighted by Crippen LogP contribution is 2.42. The van der Waals surface area contributed by atoms with E-state index >= 15 is 0 Å². The molecule has 9 heteroatoms. The molecule has 2 aliphatic heterocycles. The Kier molecular flexibility index (Phi) is 9.62. The lowest BCUT2D eigenvalue weighted by Crippen LogP contribution is -2.38. The molecule has 1 fully saturated rings. The van der Waals surface area contributed by atoms with Crippen LogP contribution in [-0.4, -0.2) is 51.8 Å². The van der Waals surface area contributed by atoms with Crippen molar-refractivity contribution < 1.29 is 24.2 Å². The third kappa shape index (κ3) is 5.86. The van der Waals surface area contributed by atoms with E-state index in [1.54, 1.807) is 0 Å². The van der Waals surface area contributed by atoms with Crippen molar-refractivity contribution in [1.29, 1.82) is 0 Å². The Balaban J connectivity index is 1.59. The van der Waals surface area contributed by atoms with Crippen LogP contribution in [0.4, 0.5) is 0 Å². The van der Waals surface area contributed by atoms with Gasteiger partial charge in [-0.25, -0.2) is 0 Å². The number of aliphatic hydroxyl groups is 1. The summed E-state index contributed by atoms with van der Waals surface area (Å²) in [4.78, 5) is 37.4. The van der Waals surface area contributed by atoms with Gasteiger partial charge in [-0.3, -0.25) is 9.59 Å². The highest BCUT2D eigenvalue weighted by molar-refractivity contribution is 5.95. The lowest BCUT2D eigenvalue weighted by Gasteiger charge is -2.26. The van der Waals surface area contributed by atoms with Gasteiger partial charge in [0, 0.05) is 56.6 Å². The predicted molar refractivity (Wildman–Crippen MR) is 198 cm³/mol. The molecule has 8 bridgehead atoms. The molecule has 0 aromatic carbocycles. The monoisotopic (exact) mass is 678 g/mol. The number of aliphatic hydroxyl groups excluding tert-OH is 1. The Morgan fingerprint density at radius 3 is 2.38 bits per heavy atom. The first kappa shape index (κ1) is 34.9. The number of fused-ring (bicyclic) bond motifs is 8. The summed E-state index contributed by atoms with van der Waals surface area (Å²) in [6, 6.07) is -0.386. The van der Waals surface area contributed by atoms with E-state index in [2.05, 4.69) is 79.7 Å². The van der Waals surface area contributed by atoms with E-state index in [-0.39, 0.29) is 42.6 Å². The number of hydrogen-bond acceptors (Lipinski definition) is 6. The molecule has 3 aliphatic rings. The van der Waals surface area contributed by atoms with Gasteiger partial charge in [-0.2, -0.15) is 0 Å². The number of allylic oxidation sites excluding steroid dienone is 2. The van der Waals surface area contributed by atoms with Gasteiger partial charge in [0.2, 0.25) is 0 Å². The van der Waals surface area contributed by atoms with E-state index in [1.165, 1.54) is 23.8 Å². The third-order valence-electron chi connectivity index (χ3n) is 11.2. The second-order valence-corrected chi connectivity index (χ2v) is 13.9. The zero-order chi connectivity index (χ0) is 36.0. The molecule has 0 amide bonds. The van der Waals surface area contributed by atoms with Crippen molar-refractivity contribution in [3.05, 3.63) is 90.1 Å². The van der Waals surface area contributed by atoms with Gasteiger partial charge in [-0.05, 0) is 105 Å². The van der Waals surface area contributed by atoms with Gasteiger partial charge in [0.15, 0.2) is 0 Å². The number of esters is 2. The van der Waals surface area contributed by atoms with E-state index in [0.717, 1.165) is 68.6 Å². The lowest BCUT2D eigenvalue weighted by molar-refractivity contribution is -0.143. The Hall–Kier alpha value is -4.92. The smallest absolute Gasteiger partial charge is 0.320 e. The van der Waals surface area contributed by atoms with Crippen molar-refractivity contribution in [2.45, 2.75) is 80.2 Å². The molecule has 9 nitrogen and oxygen atoms in total. The summed E-state index contributed by atoms with van der Waals surface area (Å²) in [6.07, 6.45) is 12.7. The van der Waals surface area contributed by atoms with Crippen LogP contribution < -0.4 is 26.6 Å². The highest BCUT2D eigenvalue weighted by atomic mass is 16.5. The van der Waals surface area contributed by atoms with Crippen LogP contribution in [0.1, 0.15) is 91.9 Å². The number of carbonyl (C=O) groups excluding carboxylic acids is 2. The molecule has 5 N–H and O–H groups in total. The number of aromatic amines is 3. The van der Waals surface area contributed by atoms with Gasteiger partial charge in [0.1, 0.15) is 18.3 Å². The number of hydrogen-bond donors (Lipinski definition) is 5. The Labute approximate surface area is 293 Å². The average molecular weight is 679 g/mol. The van der Waals surface area contributed by atoms with Crippen molar-refractivity contribution >= 4 is 47.6 Å². The van der Waals surface area contributed by atoms with Gasteiger partial charge in [0.25, 0.3) is 0 Å². The molecule has 0 spiro atoms. The number of carbonyl (C=O) groups is 2. The molecule has 0 radical (unpaired) electrons. The summed E-state index contributed by atoms with van der Waals surface area (Å²) in [5.74, 6) is -1.93. The molecule has 1 aliphatic carbocycles. The molecule has 264 valence electrons. The SMILES string of the molecule is C=Cc1c2[nH]c(c1C)/C=C1\NC(C3=c4[nH]c(c(C)c4=C(O)[C@@H]3C(=O)OC)/C=c3\[nH]/c(c(C)c3CC)=C\2)[C@@H](CCC(=O)OC/C=C(\C)CC)[C@@H]1C. The first-order valence-corrected chi connectivity index (χ1v) is 17.7. The summed E-state index contributed by atoms with van der Waals surface area (Å²) in [5, 5.41) is 18.9. The first-order valence-electron chi connectivity index (χ1n) is 17.7. The molecule has 4 atom stereocenters. The summed E-state index contributed by atoms with van der Waals surface area (Å²) in [6.45, 7) is 19.0. The van der Waals surface area contributed by atoms with Crippen LogP contribution in [0.2, 0.25) is 0 Å².